The van der Waals surface area contributed by atoms with Crippen molar-refractivity contribution in [1.82, 2.24) is 15.0 Å². The zero-order chi connectivity index (χ0) is 9.26. The number of anilines is 1. The second kappa shape index (κ2) is 2.74. The standard InChI is InChI=1S/C7H6N4O2/c12-7(13)11-5-3-9-6-4(10-5)1-2-8-6/h1-3,10-11H,(H,12,13). The first-order valence-corrected chi connectivity index (χ1v) is 3.55. The molecule has 0 saturated heterocycles. The second-order valence-electron chi connectivity index (χ2n) is 2.41. The van der Waals surface area contributed by atoms with Gasteiger partial charge in [0.15, 0.2) is 5.82 Å². The molecule has 0 fully saturated rings. The van der Waals surface area contributed by atoms with Crippen LogP contribution in [0.2, 0.25) is 0 Å². The lowest BCUT2D eigenvalue weighted by Gasteiger charge is -2.02. The van der Waals surface area contributed by atoms with Gasteiger partial charge >= 0.3 is 6.09 Å². The maximum absolute atomic E-state index is 10.3. The van der Waals surface area contributed by atoms with Crippen LogP contribution in [0.1, 0.15) is 0 Å². The molecule has 2 heterocycles. The largest absolute Gasteiger partial charge is 0.465 e. The summed E-state index contributed by atoms with van der Waals surface area (Å²) >= 11 is 0. The molecule has 3 N–H and O–H groups in total. The van der Waals surface area contributed by atoms with Gasteiger partial charge in [0, 0.05) is 6.20 Å². The fourth-order valence-corrected chi connectivity index (χ4v) is 1.01. The van der Waals surface area contributed by atoms with E-state index in [1.54, 1.807) is 12.3 Å². The molecule has 0 atom stereocenters. The van der Waals surface area contributed by atoms with Crippen LogP contribution in [0.4, 0.5) is 10.6 Å². The molecule has 0 unspecified atom stereocenters. The number of H-pyrrole nitrogens is 1. The smallest absolute Gasteiger partial charge is 0.410 e. The summed E-state index contributed by atoms with van der Waals surface area (Å²) in [6.07, 6.45) is 1.85. The Kier molecular flexibility index (Phi) is 1.59. The lowest BCUT2D eigenvalue weighted by Crippen LogP contribution is -2.09. The van der Waals surface area contributed by atoms with E-state index >= 15 is 0 Å². The van der Waals surface area contributed by atoms with Crippen LogP contribution in [-0.4, -0.2) is 26.2 Å². The van der Waals surface area contributed by atoms with Crippen LogP contribution in [0.5, 0.6) is 0 Å². The Morgan fingerprint density at radius 2 is 2.38 bits per heavy atom. The first-order chi connectivity index (χ1) is 6.25. The molecule has 0 saturated carbocycles. The van der Waals surface area contributed by atoms with Gasteiger partial charge in [0.2, 0.25) is 0 Å². The molecule has 0 aliphatic carbocycles. The maximum atomic E-state index is 10.3. The highest BCUT2D eigenvalue weighted by molar-refractivity contribution is 5.81. The highest BCUT2D eigenvalue weighted by atomic mass is 16.4. The number of carbonyl (C=O) groups is 1. The van der Waals surface area contributed by atoms with Gasteiger partial charge in [-0.25, -0.2) is 14.8 Å². The third kappa shape index (κ3) is 1.41. The molecule has 1 amide bonds. The van der Waals surface area contributed by atoms with E-state index in [1.807, 2.05) is 0 Å². The fraction of sp³-hybridized carbons (Fsp3) is 0. The first-order valence-electron chi connectivity index (χ1n) is 3.55. The van der Waals surface area contributed by atoms with E-state index in [1.165, 1.54) is 6.20 Å². The molecule has 2 rings (SSSR count). The van der Waals surface area contributed by atoms with Gasteiger partial charge in [0.25, 0.3) is 0 Å². The number of rotatable bonds is 1. The molecule has 0 radical (unpaired) electrons. The number of aromatic nitrogens is 3. The van der Waals surface area contributed by atoms with Gasteiger partial charge in [-0.2, -0.15) is 0 Å². The van der Waals surface area contributed by atoms with E-state index < -0.39 is 6.09 Å². The SMILES string of the molecule is O=C(O)Nc1cnc2nccc-2[nH]1. The summed E-state index contributed by atoms with van der Waals surface area (Å²) in [5.74, 6) is 0.893. The Morgan fingerprint density at radius 1 is 1.54 bits per heavy atom. The Morgan fingerprint density at radius 3 is 3.15 bits per heavy atom. The van der Waals surface area contributed by atoms with Crippen LogP contribution in [0, 0.1) is 0 Å². The quantitative estimate of drug-likeness (QED) is 0.607. The highest BCUT2D eigenvalue weighted by Gasteiger charge is 2.06. The number of hydrogen-bond acceptors (Lipinski definition) is 3. The monoisotopic (exact) mass is 178 g/mol. The summed E-state index contributed by atoms with van der Waals surface area (Å²) in [5.41, 5.74) is 0.700. The number of fused-ring (bicyclic) bond motifs is 1. The molecule has 13 heavy (non-hydrogen) atoms. The van der Waals surface area contributed by atoms with Crippen LogP contribution in [0.15, 0.2) is 18.5 Å². The minimum Gasteiger partial charge on any atom is -0.465 e. The number of nitrogens with zero attached hydrogens (tertiary/aromatic N) is 2. The Labute approximate surface area is 73.0 Å². The van der Waals surface area contributed by atoms with Crippen molar-refractivity contribution in [1.29, 1.82) is 0 Å². The van der Waals surface area contributed by atoms with E-state index in [0.29, 0.717) is 17.3 Å². The van der Waals surface area contributed by atoms with Crippen molar-refractivity contribution in [2.45, 2.75) is 0 Å². The minimum absolute atomic E-state index is 0.327. The normalized spacial score (nSPS) is 10.2. The molecule has 0 spiro atoms. The number of hydrogen-bond donors (Lipinski definition) is 3. The zero-order valence-electron chi connectivity index (χ0n) is 6.48. The van der Waals surface area contributed by atoms with Gasteiger partial charge < -0.3 is 10.1 Å². The average Bonchev–Trinajstić information content (AvgIpc) is 2.49. The van der Waals surface area contributed by atoms with E-state index in [2.05, 4.69) is 20.3 Å². The number of aromatic amines is 1. The summed E-state index contributed by atoms with van der Waals surface area (Å²) in [7, 11) is 0. The highest BCUT2D eigenvalue weighted by Crippen LogP contribution is 2.15. The summed E-state index contributed by atoms with van der Waals surface area (Å²) in [6.45, 7) is 0. The average molecular weight is 178 g/mol. The van der Waals surface area contributed by atoms with Crippen molar-refractivity contribution < 1.29 is 9.90 Å². The van der Waals surface area contributed by atoms with Crippen molar-refractivity contribution in [3.63, 3.8) is 0 Å². The molecule has 66 valence electrons. The molecular weight excluding hydrogens is 172 g/mol. The molecule has 0 bridgehead atoms. The third-order valence-corrected chi connectivity index (χ3v) is 1.51. The van der Waals surface area contributed by atoms with Crippen LogP contribution in [-0.2, 0) is 0 Å². The third-order valence-electron chi connectivity index (χ3n) is 1.51. The van der Waals surface area contributed by atoms with E-state index in [9.17, 15) is 4.79 Å². The minimum atomic E-state index is -1.13. The molecular formula is C7H6N4O2. The summed E-state index contributed by atoms with van der Waals surface area (Å²) in [4.78, 5) is 20.9. The fourth-order valence-electron chi connectivity index (χ4n) is 1.01. The zero-order valence-corrected chi connectivity index (χ0v) is 6.48. The molecule has 2 aliphatic heterocycles. The predicted molar refractivity (Wildman–Crippen MR) is 44.7 cm³/mol. The van der Waals surface area contributed by atoms with E-state index in [0.717, 1.165) is 0 Å². The van der Waals surface area contributed by atoms with Gasteiger partial charge in [-0.1, -0.05) is 0 Å². The maximum Gasteiger partial charge on any atom is 0.410 e. The van der Waals surface area contributed by atoms with Crippen molar-refractivity contribution in [2.24, 2.45) is 0 Å². The topological polar surface area (TPSA) is 90.9 Å². The van der Waals surface area contributed by atoms with Gasteiger partial charge in [-0.15, -0.1) is 0 Å². The Hall–Kier alpha value is -2.11. The van der Waals surface area contributed by atoms with E-state index in [-0.39, 0.29) is 0 Å². The number of carboxylic acid groups (broad SMARTS) is 1. The van der Waals surface area contributed by atoms with Crippen LogP contribution < -0.4 is 5.32 Å². The lowest BCUT2D eigenvalue weighted by atomic mass is 10.4. The molecule has 2 aliphatic rings. The molecule has 0 aromatic heterocycles. The van der Waals surface area contributed by atoms with E-state index in [4.69, 9.17) is 5.11 Å². The van der Waals surface area contributed by atoms with Crippen LogP contribution >= 0.6 is 0 Å². The van der Waals surface area contributed by atoms with Gasteiger partial charge in [0.05, 0.1) is 11.9 Å². The molecule has 6 heteroatoms. The number of amides is 1. The van der Waals surface area contributed by atoms with Crippen molar-refractivity contribution in [2.75, 3.05) is 5.32 Å². The second-order valence-corrected chi connectivity index (χ2v) is 2.41. The summed E-state index contributed by atoms with van der Waals surface area (Å²) in [6, 6.07) is 1.72. The Balaban J connectivity index is 2.38. The van der Waals surface area contributed by atoms with Gasteiger partial charge in [-0.05, 0) is 6.07 Å². The van der Waals surface area contributed by atoms with Gasteiger partial charge in [0.1, 0.15) is 5.82 Å². The molecule has 0 aromatic carbocycles. The molecule has 0 aromatic rings. The lowest BCUT2D eigenvalue weighted by molar-refractivity contribution is 0.209. The summed E-state index contributed by atoms with van der Waals surface area (Å²) in [5, 5.41) is 10.6. The van der Waals surface area contributed by atoms with Crippen LogP contribution in [0.25, 0.3) is 11.5 Å². The first kappa shape index (κ1) is 7.53. The number of nitrogens with one attached hydrogen (secondary N) is 2. The Bertz CT molecular complexity index is 411. The van der Waals surface area contributed by atoms with Crippen molar-refractivity contribution in [3.8, 4) is 11.5 Å². The van der Waals surface area contributed by atoms with Crippen molar-refractivity contribution >= 4 is 11.9 Å². The summed E-state index contributed by atoms with van der Waals surface area (Å²) < 4.78 is 0. The van der Waals surface area contributed by atoms with Crippen molar-refractivity contribution in [3.05, 3.63) is 18.5 Å². The van der Waals surface area contributed by atoms with Gasteiger partial charge in [-0.3, -0.25) is 5.32 Å². The van der Waals surface area contributed by atoms with Crippen LogP contribution in [0.3, 0.4) is 0 Å². The predicted octanol–water partition coefficient (Wildman–Crippen LogP) is 0.999. The molecule has 6 nitrogen and oxygen atoms in total.